The van der Waals surface area contributed by atoms with Crippen LogP contribution in [0.5, 0.6) is 0 Å². The molecule has 0 radical (unpaired) electrons. The summed E-state index contributed by atoms with van der Waals surface area (Å²) in [5.41, 5.74) is 1.97. The number of hydrogen-bond donors (Lipinski definition) is 0. The number of carbonyl (C=O) groups is 1. The van der Waals surface area contributed by atoms with E-state index in [4.69, 9.17) is 4.42 Å². The van der Waals surface area contributed by atoms with Crippen LogP contribution >= 0.6 is 0 Å². The highest BCUT2D eigenvalue weighted by Gasteiger charge is 2.30. The summed E-state index contributed by atoms with van der Waals surface area (Å²) in [6.45, 7) is 7.20. The van der Waals surface area contributed by atoms with Crippen molar-refractivity contribution in [3.8, 4) is 0 Å². The minimum atomic E-state index is -0.0250. The van der Waals surface area contributed by atoms with Gasteiger partial charge in [-0.2, -0.15) is 0 Å². The Morgan fingerprint density at radius 2 is 1.85 bits per heavy atom. The molecule has 1 saturated heterocycles. The number of nitrogens with zero attached hydrogens (tertiary/aromatic N) is 5. The quantitative estimate of drug-likeness (QED) is 0.777. The molecule has 1 aliphatic heterocycles. The molecule has 7 nitrogen and oxygen atoms in total. The lowest BCUT2D eigenvalue weighted by atomic mass is 10.0. The maximum Gasteiger partial charge on any atom is 0.289 e. The first-order chi connectivity index (χ1) is 12.9. The van der Waals surface area contributed by atoms with Gasteiger partial charge in [0.05, 0.1) is 6.26 Å². The van der Waals surface area contributed by atoms with Gasteiger partial charge in [0.25, 0.3) is 5.91 Å². The molecule has 2 aromatic heterocycles. The molecular weight excluding hydrogens is 342 g/mol. The third-order valence-electron chi connectivity index (χ3n) is 4.94. The van der Waals surface area contributed by atoms with E-state index in [9.17, 15) is 4.79 Å². The molecule has 1 aliphatic rings. The lowest BCUT2D eigenvalue weighted by molar-refractivity contribution is 0.0602. The van der Waals surface area contributed by atoms with E-state index in [1.165, 1.54) is 0 Å². The average molecular weight is 371 g/mol. The number of aromatic nitrogens is 2. The maximum atomic E-state index is 12.9. The second-order valence-corrected chi connectivity index (χ2v) is 7.45. The van der Waals surface area contributed by atoms with Crippen LogP contribution in [0.2, 0.25) is 0 Å². The number of aryl methyl sites for hydroxylation is 2. The molecule has 0 bridgehead atoms. The van der Waals surface area contributed by atoms with E-state index in [1.54, 1.807) is 18.4 Å². The Morgan fingerprint density at radius 1 is 1.19 bits per heavy atom. The topological polar surface area (TPSA) is 65.7 Å². The summed E-state index contributed by atoms with van der Waals surface area (Å²) in [5, 5.41) is 0. The highest BCUT2D eigenvalue weighted by molar-refractivity contribution is 5.91. The van der Waals surface area contributed by atoms with E-state index in [0.29, 0.717) is 12.3 Å². The summed E-state index contributed by atoms with van der Waals surface area (Å²) in [6, 6.07) is 5.69. The van der Waals surface area contributed by atoms with Gasteiger partial charge in [-0.25, -0.2) is 9.97 Å². The average Bonchev–Trinajstić information content (AvgIpc) is 3.16. The van der Waals surface area contributed by atoms with Crippen molar-refractivity contribution in [2.45, 2.75) is 32.7 Å². The van der Waals surface area contributed by atoms with Gasteiger partial charge in [0.15, 0.2) is 5.76 Å². The van der Waals surface area contributed by atoms with Crippen LogP contribution in [-0.4, -0.2) is 72.0 Å². The maximum absolute atomic E-state index is 12.9. The SMILES string of the molecule is Cc1cc(C)nc(N2CCC(N(CCN(C)C)C(=O)c3ccco3)CC2)n1. The third kappa shape index (κ3) is 4.86. The molecule has 0 atom stereocenters. The molecule has 146 valence electrons. The summed E-state index contributed by atoms with van der Waals surface area (Å²) in [5.74, 6) is 1.18. The predicted octanol–water partition coefficient (Wildman–Crippen LogP) is 2.36. The summed E-state index contributed by atoms with van der Waals surface area (Å²) < 4.78 is 5.36. The number of carbonyl (C=O) groups excluding carboxylic acids is 1. The van der Waals surface area contributed by atoms with Crippen LogP contribution in [0.1, 0.15) is 34.8 Å². The van der Waals surface area contributed by atoms with Crippen LogP contribution in [0, 0.1) is 13.8 Å². The number of hydrogen-bond acceptors (Lipinski definition) is 6. The van der Waals surface area contributed by atoms with Crippen LogP contribution in [0.25, 0.3) is 0 Å². The van der Waals surface area contributed by atoms with Crippen molar-refractivity contribution in [3.63, 3.8) is 0 Å². The number of furan rings is 1. The standard InChI is InChI=1S/C20H29N5O2/c1-15-14-16(2)22-20(21-15)24-9-7-17(8-10-24)25(12-11-23(3)4)19(26)18-6-5-13-27-18/h5-6,13-14,17H,7-12H2,1-4H3. The first-order valence-electron chi connectivity index (χ1n) is 9.50. The van der Waals surface area contributed by atoms with Gasteiger partial charge in [0.2, 0.25) is 5.95 Å². The molecule has 0 saturated carbocycles. The van der Waals surface area contributed by atoms with Crippen LogP contribution in [-0.2, 0) is 0 Å². The third-order valence-corrected chi connectivity index (χ3v) is 4.94. The van der Waals surface area contributed by atoms with Crippen LogP contribution in [0.4, 0.5) is 5.95 Å². The largest absolute Gasteiger partial charge is 0.459 e. The fourth-order valence-corrected chi connectivity index (χ4v) is 3.53. The summed E-state index contributed by atoms with van der Waals surface area (Å²) in [7, 11) is 4.05. The summed E-state index contributed by atoms with van der Waals surface area (Å²) in [4.78, 5) is 28.4. The molecule has 3 rings (SSSR count). The Morgan fingerprint density at radius 3 is 2.41 bits per heavy atom. The van der Waals surface area contributed by atoms with Gasteiger partial charge in [-0.05, 0) is 59.0 Å². The monoisotopic (exact) mass is 371 g/mol. The Labute approximate surface area is 161 Å². The Balaban J connectivity index is 1.69. The first-order valence-corrected chi connectivity index (χ1v) is 9.50. The molecule has 0 N–H and O–H groups in total. The molecule has 0 unspecified atom stereocenters. The minimum Gasteiger partial charge on any atom is -0.459 e. The van der Waals surface area contributed by atoms with Crippen molar-refractivity contribution in [2.75, 3.05) is 45.2 Å². The molecule has 2 aromatic rings. The molecule has 27 heavy (non-hydrogen) atoms. The lowest BCUT2D eigenvalue weighted by Crippen LogP contribution is -2.49. The normalized spacial score (nSPS) is 15.4. The fraction of sp³-hybridized carbons (Fsp3) is 0.550. The van der Waals surface area contributed by atoms with Gasteiger partial charge in [-0.1, -0.05) is 0 Å². The molecule has 1 amide bonds. The van der Waals surface area contributed by atoms with Crippen molar-refractivity contribution in [2.24, 2.45) is 0 Å². The van der Waals surface area contributed by atoms with Gasteiger partial charge < -0.3 is 19.1 Å². The zero-order valence-electron chi connectivity index (χ0n) is 16.7. The Bertz CT molecular complexity index is 731. The van der Waals surface area contributed by atoms with Crippen molar-refractivity contribution in [3.05, 3.63) is 41.6 Å². The van der Waals surface area contributed by atoms with Crippen molar-refractivity contribution >= 4 is 11.9 Å². The number of rotatable bonds is 6. The van der Waals surface area contributed by atoms with Crippen molar-refractivity contribution in [1.82, 2.24) is 19.8 Å². The van der Waals surface area contributed by atoms with Gasteiger partial charge in [-0.15, -0.1) is 0 Å². The van der Waals surface area contributed by atoms with E-state index in [0.717, 1.165) is 49.8 Å². The van der Waals surface area contributed by atoms with E-state index >= 15 is 0 Å². The fourth-order valence-electron chi connectivity index (χ4n) is 3.53. The van der Waals surface area contributed by atoms with Crippen LogP contribution in [0.3, 0.4) is 0 Å². The second kappa shape index (κ2) is 8.52. The predicted molar refractivity (Wildman–Crippen MR) is 105 cm³/mol. The van der Waals surface area contributed by atoms with E-state index in [-0.39, 0.29) is 11.9 Å². The van der Waals surface area contributed by atoms with E-state index in [2.05, 4.69) is 19.8 Å². The Hall–Kier alpha value is -2.41. The Kier molecular flexibility index (Phi) is 6.11. The first kappa shape index (κ1) is 19.4. The molecule has 3 heterocycles. The number of likely N-dealkylation sites (N-methyl/N-ethyl adjacent to an activating group) is 1. The van der Waals surface area contributed by atoms with Crippen LogP contribution < -0.4 is 4.90 Å². The second-order valence-electron chi connectivity index (χ2n) is 7.45. The number of anilines is 1. The smallest absolute Gasteiger partial charge is 0.289 e. The molecule has 7 heteroatoms. The van der Waals surface area contributed by atoms with Crippen molar-refractivity contribution in [1.29, 1.82) is 0 Å². The molecular formula is C20H29N5O2. The molecule has 1 fully saturated rings. The summed E-state index contributed by atoms with van der Waals surface area (Å²) in [6.07, 6.45) is 3.35. The number of piperidine rings is 1. The highest BCUT2D eigenvalue weighted by atomic mass is 16.3. The molecule has 0 aromatic carbocycles. The van der Waals surface area contributed by atoms with Crippen molar-refractivity contribution < 1.29 is 9.21 Å². The number of amides is 1. The highest BCUT2D eigenvalue weighted by Crippen LogP contribution is 2.22. The summed E-state index contributed by atoms with van der Waals surface area (Å²) >= 11 is 0. The molecule has 0 aliphatic carbocycles. The van der Waals surface area contributed by atoms with E-state index in [1.807, 2.05) is 38.9 Å². The zero-order valence-corrected chi connectivity index (χ0v) is 16.7. The van der Waals surface area contributed by atoms with Crippen LogP contribution in [0.15, 0.2) is 28.9 Å². The molecule has 0 spiro atoms. The lowest BCUT2D eigenvalue weighted by Gasteiger charge is -2.38. The van der Waals surface area contributed by atoms with Gasteiger partial charge >= 0.3 is 0 Å². The van der Waals surface area contributed by atoms with E-state index < -0.39 is 0 Å². The van der Waals surface area contributed by atoms with Gasteiger partial charge in [0.1, 0.15) is 0 Å². The van der Waals surface area contributed by atoms with Gasteiger partial charge in [0, 0.05) is 43.6 Å². The van der Waals surface area contributed by atoms with Gasteiger partial charge in [-0.3, -0.25) is 4.79 Å². The minimum absolute atomic E-state index is 0.0250. The zero-order chi connectivity index (χ0) is 19.4.